The van der Waals surface area contributed by atoms with Gasteiger partial charge >= 0.3 is 0 Å². The summed E-state index contributed by atoms with van der Waals surface area (Å²) in [6.07, 6.45) is 3.21. The van der Waals surface area contributed by atoms with Gasteiger partial charge in [0.1, 0.15) is 11.6 Å². The normalized spacial score (nSPS) is 16.7. The first kappa shape index (κ1) is 31.0. The van der Waals surface area contributed by atoms with Gasteiger partial charge in [0.05, 0.1) is 15.7 Å². The molecule has 1 aliphatic carbocycles. The monoisotopic (exact) mass is 604 g/mol. The highest BCUT2D eigenvalue weighted by Gasteiger charge is 2.37. The van der Waals surface area contributed by atoms with E-state index in [-0.39, 0.29) is 33.7 Å². The lowest BCUT2D eigenvalue weighted by Gasteiger charge is -2.27. The predicted octanol–water partition coefficient (Wildman–Crippen LogP) is 4.51. The van der Waals surface area contributed by atoms with E-state index in [4.69, 9.17) is 0 Å². The number of nitrogens with one attached hydrogen (secondary N) is 2. The minimum Gasteiger partial charge on any atom is -0.760 e. The number of nitrogens with zero attached hydrogens (tertiary/aromatic N) is 1. The number of benzene rings is 2. The maximum atomic E-state index is 15.5. The first-order valence-corrected chi connectivity index (χ1v) is 15.3. The first-order chi connectivity index (χ1) is 19.2. The van der Waals surface area contributed by atoms with Gasteiger partial charge in [-0.1, -0.05) is 0 Å². The molecular weight excluding hydrogens is 572 g/mol. The molecule has 4 rings (SSSR count). The number of pyridine rings is 1. The fourth-order valence-electron chi connectivity index (χ4n) is 4.56. The van der Waals surface area contributed by atoms with Crippen LogP contribution in [0.15, 0.2) is 53.5 Å². The van der Waals surface area contributed by atoms with Crippen LogP contribution in [0.1, 0.15) is 79.7 Å². The molecule has 0 spiro atoms. The third-order valence-corrected chi connectivity index (χ3v) is 9.12. The Morgan fingerprint density at radius 2 is 1.66 bits per heavy atom. The molecule has 3 unspecified atom stereocenters. The lowest BCUT2D eigenvalue weighted by molar-refractivity contribution is 0.103. The summed E-state index contributed by atoms with van der Waals surface area (Å²) in [5.41, 5.74) is 0.873. The van der Waals surface area contributed by atoms with Crippen molar-refractivity contribution in [3.8, 4) is 11.1 Å². The van der Waals surface area contributed by atoms with Crippen LogP contribution in [0.2, 0.25) is 0 Å². The highest BCUT2D eigenvalue weighted by molar-refractivity contribution is 7.84. The second-order valence-electron chi connectivity index (χ2n) is 11.2. The molecule has 0 aliphatic heterocycles. The average Bonchev–Trinajstić information content (AvgIpc) is 3.73. The number of carbonyl (C=O) groups excluding carboxylic acids is 1. The Morgan fingerprint density at radius 1 is 1.02 bits per heavy atom. The molecule has 0 saturated heterocycles. The third kappa shape index (κ3) is 7.12. The maximum absolute atomic E-state index is 15.5. The molecule has 2 aromatic carbocycles. The van der Waals surface area contributed by atoms with Crippen molar-refractivity contribution in [1.82, 2.24) is 14.0 Å². The van der Waals surface area contributed by atoms with Gasteiger partial charge in [-0.05, 0) is 94.0 Å². The van der Waals surface area contributed by atoms with E-state index in [9.17, 15) is 27.0 Å². The fraction of sp³-hybridized carbons (Fsp3) is 0.379. The minimum atomic E-state index is -2.69. The number of rotatable bonds is 10. The Kier molecular flexibility index (Phi) is 9.19. The molecule has 0 bridgehead atoms. The lowest BCUT2D eigenvalue weighted by Crippen LogP contribution is -2.37. The molecule has 220 valence electrons. The number of hydrogen-bond donors (Lipinski definition) is 2. The molecule has 4 atom stereocenters. The first-order valence-electron chi connectivity index (χ1n) is 13.1. The van der Waals surface area contributed by atoms with Crippen LogP contribution in [0, 0.1) is 17.6 Å². The van der Waals surface area contributed by atoms with Gasteiger partial charge in [0.15, 0.2) is 5.78 Å². The van der Waals surface area contributed by atoms with Crippen LogP contribution >= 0.6 is 0 Å². The molecule has 41 heavy (non-hydrogen) atoms. The predicted molar refractivity (Wildman–Crippen MR) is 154 cm³/mol. The smallest absolute Gasteiger partial charge is 0.250 e. The SMILES string of the molecule is CC(NS(=O)[O-])c1cc(-c2cn(C)c(=O)cc2[C@@H](NS(=O)C(C)(C)C)C2CC2)c(C(=O)c2ccc(F)cc2)cc1F. The van der Waals surface area contributed by atoms with Crippen LogP contribution in [0.5, 0.6) is 0 Å². The van der Waals surface area contributed by atoms with Crippen LogP contribution in [-0.4, -0.2) is 28.1 Å². The van der Waals surface area contributed by atoms with Crippen LogP contribution < -0.4 is 15.0 Å². The number of hydrogen-bond acceptors (Lipinski definition) is 5. The average molecular weight is 605 g/mol. The summed E-state index contributed by atoms with van der Waals surface area (Å²) in [6.45, 7) is 6.93. The van der Waals surface area contributed by atoms with Gasteiger partial charge in [0.2, 0.25) is 0 Å². The molecule has 1 aliphatic rings. The van der Waals surface area contributed by atoms with E-state index >= 15 is 4.39 Å². The van der Waals surface area contributed by atoms with E-state index in [0.29, 0.717) is 11.1 Å². The Labute approximate surface area is 242 Å². The second-order valence-corrected chi connectivity index (χ2v) is 13.9. The molecule has 0 radical (unpaired) electrons. The molecule has 1 heterocycles. The summed E-state index contributed by atoms with van der Waals surface area (Å²) in [4.78, 5) is 26.6. The van der Waals surface area contributed by atoms with Gasteiger partial charge in [0.25, 0.3) is 5.56 Å². The van der Waals surface area contributed by atoms with Crippen molar-refractivity contribution in [1.29, 1.82) is 0 Å². The van der Waals surface area contributed by atoms with Gasteiger partial charge in [-0.2, -0.15) is 0 Å². The van der Waals surface area contributed by atoms with E-state index in [1.807, 2.05) is 20.8 Å². The number of aromatic nitrogens is 1. The Morgan fingerprint density at radius 3 is 2.22 bits per heavy atom. The van der Waals surface area contributed by atoms with E-state index in [1.54, 1.807) is 7.05 Å². The quantitative estimate of drug-likeness (QED) is 0.261. The zero-order valence-corrected chi connectivity index (χ0v) is 25.0. The van der Waals surface area contributed by atoms with Crippen molar-refractivity contribution in [2.24, 2.45) is 13.0 Å². The molecule has 2 N–H and O–H groups in total. The molecule has 12 heteroatoms. The summed E-state index contributed by atoms with van der Waals surface area (Å²) >= 11 is -2.69. The molecule has 1 saturated carbocycles. The van der Waals surface area contributed by atoms with Crippen molar-refractivity contribution in [2.75, 3.05) is 0 Å². The number of halogens is 2. The zero-order chi connectivity index (χ0) is 30.2. The summed E-state index contributed by atoms with van der Waals surface area (Å²) < 4.78 is 71.1. The van der Waals surface area contributed by atoms with Crippen LogP contribution in [-0.2, 0) is 29.3 Å². The highest BCUT2D eigenvalue weighted by atomic mass is 32.2. The zero-order valence-electron chi connectivity index (χ0n) is 23.3. The fourth-order valence-corrected chi connectivity index (χ4v) is 5.88. The molecular formula is C29H32F2N3O5S2-. The van der Waals surface area contributed by atoms with Crippen LogP contribution in [0.4, 0.5) is 8.78 Å². The number of carbonyl (C=O) groups is 1. The number of aryl methyl sites for hydroxylation is 1. The van der Waals surface area contributed by atoms with Gasteiger partial charge < -0.3 is 9.12 Å². The van der Waals surface area contributed by atoms with Gasteiger partial charge in [-0.3, -0.25) is 13.8 Å². The summed E-state index contributed by atoms with van der Waals surface area (Å²) in [7, 11) is 0.0477. The lowest BCUT2D eigenvalue weighted by atomic mass is 9.87. The van der Waals surface area contributed by atoms with Crippen LogP contribution in [0.3, 0.4) is 0 Å². The van der Waals surface area contributed by atoms with Crippen molar-refractivity contribution in [3.63, 3.8) is 0 Å². The Balaban J connectivity index is 1.99. The van der Waals surface area contributed by atoms with Crippen molar-refractivity contribution in [2.45, 2.75) is 57.4 Å². The molecule has 3 aromatic rings. The third-order valence-electron chi connectivity index (χ3n) is 7.00. The van der Waals surface area contributed by atoms with Gasteiger partial charge in [-0.25, -0.2) is 22.4 Å². The van der Waals surface area contributed by atoms with Crippen molar-refractivity contribution < 1.29 is 26.5 Å². The number of ketones is 1. The Bertz CT molecular complexity index is 1580. The van der Waals surface area contributed by atoms with E-state index < -0.39 is 56.5 Å². The van der Waals surface area contributed by atoms with E-state index in [1.165, 1.54) is 42.0 Å². The molecule has 1 aromatic heterocycles. The highest BCUT2D eigenvalue weighted by Crippen LogP contribution is 2.45. The largest absolute Gasteiger partial charge is 0.760 e. The topological polar surface area (TPSA) is 120 Å². The summed E-state index contributed by atoms with van der Waals surface area (Å²) in [5, 5.41) is 0. The van der Waals surface area contributed by atoms with E-state index in [0.717, 1.165) is 31.0 Å². The second kappa shape index (κ2) is 12.1. The summed E-state index contributed by atoms with van der Waals surface area (Å²) in [6, 6.07) is 7.19. The minimum absolute atomic E-state index is 0.0196. The molecule has 8 nitrogen and oxygen atoms in total. The molecule has 1 fully saturated rings. The Hall–Kier alpha value is -2.90. The molecule has 0 amide bonds. The standard InChI is InChI=1S/C29H33F2N3O5S2/c1-16(32-41(38)39)20-12-21(23(13-25(20)31)28(36)18-8-10-19(30)11-9-18)24-15-34(5)26(35)14-22(24)27(17-6-7-17)33-40(37)29(2,3)4/h8-17,27,32-33H,6-7H2,1-5H3,(H,38,39)/p-1/t16?,27-,40?/m0/s1. The van der Waals surface area contributed by atoms with Crippen molar-refractivity contribution in [3.05, 3.63) is 92.9 Å². The van der Waals surface area contributed by atoms with Gasteiger partial charge in [0, 0.05) is 64.9 Å². The van der Waals surface area contributed by atoms with Crippen LogP contribution in [0.25, 0.3) is 11.1 Å². The van der Waals surface area contributed by atoms with E-state index in [2.05, 4.69) is 9.44 Å². The van der Waals surface area contributed by atoms with Gasteiger partial charge in [-0.15, -0.1) is 0 Å². The maximum Gasteiger partial charge on any atom is 0.250 e. The summed E-state index contributed by atoms with van der Waals surface area (Å²) in [5.74, 6) is -1.87. The van der Waals surface area contributed by atoms with Crippen molar-refractivity contribution >= 4 is 28.0 Å².